The van der Waals surface area contributed by atoms with E-state index in [1.165, 1.54) is 5.56 Å². The van der Waals surface area contributed by atoms with Crippen molar-refractivity contribution in [3.8, 4) is 5.75 Å². The molecule has 7 heteroatoms. The highest BCUT2D eigenvalue weighted by Crippen LogP contribution is 2.26. The number of carbonyl (C=O) groups is 2. The Labute approximate surface area is 208 Å². The zero-order valence-corrected chi connectivity index (χ0v) is 21.1. The van der Waals surface area contributed by atoms with Gasteiger partial charge in [0.1, 0.15) is 12.4 Å². The van der Waals surface area contributed by atoms with Gasteiger partial charge >= 0.3 is 0 Å². The van der Waals surface area contributed by atoms with Gasteiger partial charge in [0.15, 0.2) is 0 Å². The summed E-state index contributed by atoms with van der Waals surface area (Å²) in [5.41, 5.74) is 8.43. The minimum absolute atomic E-state index is 0.0452. The van der Waals surface area contributed by atoms with E-state index >= 15 is 0 Å². The average Bonchev–Trinajstić information content (AvgIpc) is 2.81. The van der Waals surface area contributed by atoms with Gasteiger partial charge in [0.25, 0.3) is 0 Å². The van der Waals surface area contributed by atoms with E-state index in [4.69, 9.17) is 4.74 Å². The minimum atomic E-state index is -0.329. The maximum atomic E-state index is 12.2. The van der Waals surface area contributed by atoms with Gasteiger partial charge < -0.3 is 10.1 Å². The Balaban J connectivity index is 1.43. The highest BCUT2D eigenvalue weighted by molar-refractivity contribution is 9.10. The van der Waals surface area contributed by atoms with E-state index in [0.717, 1.165) is 38.2 Å². The Morgan fingerprint density at radius 3 is 2.44 bits per heavy atom. The van der Waals surface area contributed by atoms with Crippen LogP contribution in [0.5, 0.6) is 5.75 Å². The summed E-state index contributed by atoms with van der Waals surface area (Å²) in [5, 5.41) is 6.83. The van der Waals surface area contributed by atoms with Crippen LogP contribution in [0.1, 0.15) is 40.7 Å². The molecule has 0 saturated heterocycles. The van der Waals surface area contributed by atoms with Crippen molar-refractivity contribution in [3.63, 3.8) is 0 Å². The average molecular weight is 522 g/mol. The summed E-state index contributed by atoms with van der Waals surface area (Å²) in [6.45, 7) is 6.46. The van der Waals surface area contributed by atoms with Crippen molar-refractivity contribution in [3.05, 3.63) is 93.0 Å². The normalized spacial score (nSPS) is 10.8. The predicted octanol–water partition coefficient (Wildman–Crippen LogP) is 5.82. The molecule has 3 aromatic rings. The second-order valence-corrected chi connectivity index (χ2v) is 8.91. The number of benzene rings is 3. The number of nitrogens with one attached hydrogen (secondary N) is 2. The van der Waals surface area contributed by atoms with Gasteiger partial charge in [-0.2, -0.15) is 5.10 Å². The highest BCUT2D eigenvalue weighted by atomic mass is 79.9. The van der Waals surface area contributed by atoms with E-state index in [2.05, 4.69) is 43.9 Å². The third kappa shape index (κ3) is 7.56. The molecule has 0 spiro atoms. The van der Waals surface area contributed by atoms with Gasteiger partial charge in [0.2, 0.25) is 11.8 Å². The molecule has 0 radical (unpaired) electrons. The number of anilines is 1. The largest absolute Gasteiger partial charge is 0.488 e. The topological polar surface area (TPSA) is 79.8 Å². The number of rotatable bonds is 9. The summed E-state index contributed by atoms with van der Waals surface area (Å²) >= 11 is 3.51. The molecule has 0 aromatic heterocycles. The molecular weight excluding hydrogens is 494 g/mol. The molecule has 0 aliphatic heterocycles. The quantitative estimate of drug-likeness (QED) is 0.275. The van der Waals surface area contributed by atoms with E-state index in [1.54, 1.807) is 6.21 Å². The van der Waals surface area contributed by atoms with Crippen molar-refractivity contribution in [2.75, 3.05) is 5.32 Å². The van der Waals surface area contributed by atoms with E-state index in [1.807, 2.05) is 69.3 Å². The molecule has 0 bridgehead atoms. The molecule has 0 unspecified atom stereocenters. The SMILES string of the molecule is Cc1ccc(COc2ccc(C=NNC(=O)CCC(=O)Nc3cccc(C)c3C)cc2Br)cc1. The molecule has 0 aliphatic carbocycles. The van der Waals surface area contributed by atoms with Crippen molar-refractivity contribution in [2.45, 2.75) is 40.2 Å². The molecule has 3 rings (SSSR count). The van der Waals surface area contributed by atoms with Crippen LogP contribution in [-0.4, -0.2) is 18.0 Å². The second kappa shape index (κ2) is 12.1. The van der Waals surface area contributed by atoms with Crippen LogP contribution in [-0.2, 0) is 16.2 Å². The first-order valence-corrected chi connectivity index (χ1v) is 11.8. The van der Waals surface area contributed by atoms with Gasteiger partial charge in [-0.3, -0.25) is 9.59 Å². The van der Waals surface area contributed by atoms with Crippen molar-refractivity contribution < 1.29 is 14.3 Å². The molecule has 34 heavy (non-hydrogen) atoms. The fourth-order valence-corrected chi connectivity index (χ4v) is 3.63. The molecule has 0 aliphatic rings. The zero-order chi connectivity index (χ0) is 24.5. The molecule has 2 amide bonds. The van der Waals surface area contributed by atoms with Gasteiger partial charge in [0.05, 0.1) is 10.7 Å². The number of ether oxygens (including phenoxy) is 1. The van der Waals surface area contributed by atoms with Crippen LogP contribution in [0.3, 0.4) is 0 Å². The third-order valence-electron chi connectivity index (χ3n) is 5.33. The summed E-state index contributed by atoms with van der Waals surface area (Å²) in [7, 11) is 0. The molecule has 0 heterocycles. The molecule has 0 saturated carbocycles. The van der Waals surface area contributed by atoms with E-state index in [9.17, 15) is 9.59 Å². The fraction of sp³-hybridized carbons (Fsp3) is 0.222. The number of hydrogen-bond donors (Lipinski definition) is 2. The summed E-state index contributed by atoms with van der Waals surface area (Å²) < 4.78 is 6.66. The van der Waals surface area contributed by atoms with Crippen molar-refractivity contribution in [1.29, 1.82) is 0 Å². The number of hydrogen-bond acceptors (Lipinski definition) is 4. The van der Waals surface area contributed by atoms with Crippen LogP contribution in [0.15, 0.2) is 70.2 Å². The standard InChI is InChI=1S/C27H28BrN3O3/c1-18-7-9-21(10-8-18)17-34-25-12-11-22(15-23(25)28)16-29-31-27(33)14-13-26(32)30-24-6-4-5-19(2)20(24)3/h4-12,15-16H,13-14,17H2,1-3H3,(H,30,32)(H,31,33). The summed E-state index contributed by atoms with van der Waals surface area (Å²) in [6, 6.07) is 19.5. The molecule has 2 N–H and O–H groups in total. The van der Waals surface area contributed by atoms with Crippen molar-refractivity contribution in [2.24, 2.45) is 5.10 Å². The van der Waals surface area contributed by atoms with E-state index in [0.29, 0.717) is 6.61 Å². The third-order valence-corrected chi connectivity index (χ3v) is 5.95. The zero-order valence-electron chi connectivity index (χ0n) is 19.5. The smallest absolute Gasteiger partial charge is 0.240 e. The number of carbonyl (C=O) groups excluding carboxylic acids is 2. The number of amides is 2. The maximum absolute atomic E-state index is 12.2. The number of hydrazone groups is 1. The molecule has 176 valence electrons. The minimum Gasteiger partial charge on any atom is -0.488 e. The van der Waals surface area contributed by atoms with Crippen LogP contribution in [0.25, 0.3) is 0 Å². The van der Waals surface area contributed by atoms with Crippen LogP contribution in [0, 0.1) is 20.8 Å². The van der Waals surface area contributed by atoms with E-state index in [-0.39, 0.29) is 24.7 Å². The summed E-state index contributed by atoms with van der Waals surface area (Å²) in [4.78, 5) is 24.2. The Morgan fingerprint density at radius 1 is 0.971 bits per heavy atom. The van der Waals surface area contributed by atoms with Crippen LogP contribution >= 0.6 is 15.9 Å². The lowest BCUT2D eigenvalue weighted by atomic mass is 10.1. The maximum Gasteiger partial charge on any atom is 0.240 e. The number of aryl methyl sites for hydroxylation is 2. The molecule has 0 fully saturated rings. The Kier molecular flexibility index (Phi) is 8.99. The Morgan fingerprint density at radius 2 is 1.71 bits per heavy atom. The van der Waals surface area contributed by atoms with Gasteiger partial charge in [0, 0.05) is 18.5 Å². The van der Waals surface area contributed by atoms with Gasteiger partial charge in [-0.25, -0.2) is 5.43 Å². The van der Waals surface area contributed by atoms with Crippen LogP contribution in [0.2, 0.25) is 0 Å². The molecule has 3 aromatic carbocycles. The number of nitrogens with zero attached hydrogens (tertiary/aromatic N) is 1. The highest BCUT2D eigenvalue weighted by Gasteiger charge is 2.09. The predicted molar refractivity (Wildman–Crippen MR) is 139 cm³/mol. The summed E-state index contributed by atoms with van der Waals surface area (Å²) in [5.74, 6) is 0.180. The first-order chi connectivity index (χ1) is 16.3. The van der Waals surface area contributed by atoms with Crippen LogP contribution in [0.4, 0.5) is 5.69 Å². The second-order valence-electron chi connectivity index (χ2n) is 8.05. The van der Waals surface area contributed by atoms with Crippen LogP contribution < -0.4 is 15.5 Å². The fourth-order valence-electron chi connectivity index (χ4n) is 3.12. The Bertz CT molecular complexity index is 1190. The van der Waals surface area contributed by atoms with Crippen molar-refractivity contribution >= 4 is 39.6 Å². The Hall–Kier alpha value is -3.45. The lowest BCUT2D eigenvalue weighted by Gasteiger charge is -2.10. The van der Waals surface area contributed by atoms with E-state index < -0.39 is 0 Å². The summed E-state index contributed by atoms with van der Waals surface area (Å²) in [6.07, 6.45) is 1.67. The van der Waals surface area contributed by atoms with Gasteiger partial charge in [-0.1, -0.05) is 42.0 Å². The first-order valence-electron chi connectivity index (χ1n) is 11.0. The molecule has 6 nitrogen and oxygen atoms in total. The lowest BCUT2D eigenvalue weighted by Crippen LogP contribution is -2.21. The van der Waals surface area contributed by atoms with Gasteiger partial charge in [-0.15, -0.1) is 0 Å². The number of halogens is 1. The molecule has 0 atom stereocenters. The molecular formula is C27H28BrN3O3. The lowest BCUT2D eigenvalue weighted by molar-refractivity contribution is -0.124. The van der Waals surface area contributed by atoms with Crippen molar-refractivity contribution in [1.82, 2.24) is 5.43 Å². The first kappa shape index (κ1) is 25.2. The monoisotopic (exact) mass is 521 g/mol. The van der Waals surface area contributed by atoms with Gasteiger partial charge in [-0.05, 0) is 83.2 Å².